The Hall–Kier alpha value is -3.10. The molecule has 0 radical (unpaired) electrons. The van der Waals surface area contributed by atoms with Crippen molar-refractivity contribution in [2.75, 3.05) is 33.7 Å². The first-order chi connectivity index (χ1) is 18.5. The maximum Gasteiger partial charge on any atom is 0.265 e. The number of quaternary nitrogens is 1. The summed E-state index contributed by atoms with van der Waals surface area (Å²) in [6.07, 6.45) is 11.5. The van der Waals surface area contributed by atoms with Gasteiger partial charge < -0.3 is 15.0 Å². The largest absolute Gasteiger partial charge is 0.489 e. The second-order valence-electron chi connectivity index (χ2n) is 10.9. The molecule has 2 aromatic rings. The number of aliphatic imine (C=N–C) groups is 2. The molecule has 1 saturated carbocycles. The molecule has 0 aromatic heterocycles. The normalized spacial score (nSPS) is 24.6. The van der Waals surface area contributed by atoms with E-state index in [-0.39, 0.29) is 4.59 Å². The lowest BCUT2D eigenvalue weighted by atomic mass is 9.80. The molecule has 3 N–H and O–H groups in total. The van der Waals surface area contributed by atoms with Crippen molar-refractivity contribution >= 4 is 12.1 Å². The van der Waals surface area contributed by atoms with Crippen molar-refractivity contribution in [3.63, 3.8) is 0 Å². The monoisotopic (exact) mass is 513 g/mol. The van der Waals surface area contributed by atoms with Crippen molar-refractivity contribution in [1.29, 1.82) is 0 Å². The van der Waals surface area contributed by atoms with Crippen LogP contribution in [0.5, 0.6) is 5.75 Å². The van der Waals surface area contributed by atoms with Crippen molar-refractivity contribution < 1.29 is 9.33 Å². The van der Waals surface area contributed by atoms with E-state index in [2.05, 4.69) is 47.5 Å². The fraction of sp³-hybridized carbons (Fsp3) is 0.419. The topological polar surface area (TPSA) is 75.2 Å². The number of allylic oxidation sites excluding steroid dienone is 2. The highest BCUT2D eigenvalue weighted by molar-refractivity contribution is 6.00. The highest BCUT2D eigenvalue weighted by Gasteiger charge is 2.46. The standard InChI is InChI=1S/C31H41N6O/c1-36(2)18-7-16-33-21-24-12-14-26(15-13-24)30-29-22-34-17-19-37(29,32)31(35-30)27-10-6-11-28(20-27)38-23-25-8-4-3-5-9-25/h3-6,8-11,17,19-20,22,24,26,33H,7,12-16,18,21,23,32H2,1-2H3/q+1. The van der Waals surface area contributed by atoms with E-state index in [9.17, 15) is 0 Å². The minimum atomic E-state index is 0.0638. The van der Waals surface area contributed by atoms with Crippen LogP contribution in [0.4, 0.5) is 0 Å². The molecule has 3 aliphatic rings. The van der Waals surface area contributed by atoms with Gasteiger partial charge in [-0.1, -0.05) is 36.4 Å². The van der Waals surface area contributed by atoms with Crippen LogP contribution in [-0.2, 0) is 6.61 Å². The first kappa shape index (κ1) is 26.5. The van der Waals surface area contributed by atoms with E-state index in [1.165, 1.54) is 19.3 Å². The number of fused-ring (bicyclic) bond motifs is 1. The minimum Gasteiger partial charge on any atom is -0.489 e. The van der Waals surface area contributed by atoms with Crippen LogP contribution in [0, 0.1) is 11.8 Å². The van der Waals surface area contributed by atoms with Gasteiger partial charge in [-0.2, -0.15) is 10.8 Å². The van der Waals surface area contributed by atoms with Gasteiger partial charge in [-0.15, -0.1) is 4.59 Å². The predicted molar refractivity (Wildman–Crippen MR) is 154 cm³/mol. The van der Waals surface area contributed by atoms with Gasteiger partial charge in [0.15, 0.2) is 0 Å². The maximum atomic E-state index is 7.01. The van der Waals surface area contributed by atoms with Gasteiger partial charge in [0.05, 0.1) is 18.0 Å². The van der Waals surface area contributed by atoms with Crippen molar-refractivity contribution in [3.8, 4) is 5.75 Å². The number of nitrogens with two attached hydrogens (primary N) is 1. The SMILES string of the molecule is CN(C)CCCNCC1CCC(C2=C3C=NC=C[N+]3(N)C(c3cccc(OCc4ccccc4)c3)=N2)CC1. The molecular weight excluding hydrogens is 472 g/mol. The summed E-state index contributed by atoms with van der Waals surface area (Å²) in [5, 5.41) is 3.67. The summed E-state index contributed by atoms with van der Waals surface area (Å²) in [4.78, 5) is 11.9. The van der Waals surface area contributed by atoms with Crippen molar-refractivity contribution in [3.05, 3.63) is 89.5 Å². The van der Waals surface area contributed by atoms with Crippen LogP contribution in [0.15, 0.2) is 88.4 Å². The van der Waals surface area contributed by atoms with Gasteiger partial charge in [-0.25, -0.2) is 0 Å². The number of ether oxygens (including phenoxy) is 1. The quantitative estimate of drug-likeness (QED) is 0.256. The molecule has 0 amide bonds. The molecule has 7 heteroatoms. The molecule has 0 saturated heterocycles. The second-order valence-corrected chi connectivity index (χ2v) is 10.9. The molecule has 1 fully saturated rings. The Morgan fingerprint density at radius 1 is 1.05 bits per heavy atom. The Kier molecular flexibility index (Phi) is 8.49. The number of amidine groups is 1. The molecule has 1 unspecified atom stereocenters. The van der Waals surface area contributed by atoms with E-state index in [1.54, 1.807) is 6.20 Å². The van der Waals surface area contributed by atoms with E-state index < -0.39 is 0 Å². The third kappa shape index (κ3) is 6.13. The van der Waals surface area contributed by atoms with Crippen molar-refractivity contribution in [2.45, 2.75) is 38.7 Å². The molecule has 2 aromatic carbocycles. The molecule has 200 valence electrons. The van der Waals surface area contributed by atoms with Gasteiger partial charge in [0.25, 0.3) is 5.84 Å². The zero-order valence-electron chi connectivity index (χ0n) is 22.7. The molecular formula is C31H41N6O+. The zero-order chi connectivity index (χ0) is 26.4. The van der Waals surface area contributed by atoms with E-state index in [1.807, 2.05) is 48.8 Å². The summed E-state index contributed by atoms with van der Waals surface area (Å²) in [6.45, 7) is 3.85. The Balaban J connectivity index is 1.26. The smallest absolute Gasteiger partial charge is 0.265 e. The average Bonchev–Trinajstić information content (AvgIpc) is 3.25. The van der Waals surface area contributed by atoms with Crippen molar-refractivity contribution in [2.24, 2.45) is 27.7 Å². The van der Waals surface area contributed by atoms with Crippen LogP contribution in [0.3, 0.4) is 0 Å². The third-order valence-corrected chi connectivity index (χ3v) is 7.79. The van der Waals surface area contributed by atoms with Gasteiger partial charge >= 0.3 is 0 Å². The molecule has 1 aliphatic carbocycles. The Morgan fingerprint density at radius 3 is 2.66 bits per heavy atom. The Morgan fingerprint density at radius 2 is 1.87 bits per heavy atom. The summed E-state index contributed by atoms with van der Waals surface area (Å²) in [6, 6.07) is 18.3. The lowest BCUT2D eigenvalue weighted by molar-refractivity contribution is -0.750. The molecule has 2 heterocycles. The lowest BCUT2D eigenvalue weighted by Crippen LogP contribution is -2.53. The number of benzene rings is 2. The summed E-state index contributed by atoms with van der Waals surface area (Å²) >= 11 is 0. The van der Waals surface area contributed by atoms with Crippen LogP contribution >= 0.6 is 0 Å². The number of hydrogen-bond donors (Lipinski definition) is 2. The average molecular weight is 514 g/mol. The van der Waals surface area contributed by atoms with Gasteiger partial charge in [0.1, 0.15) is 24.3 Å². The maximum absolute atomic E-state index is 7.01. The summed E-state index contributed by atoms with van der Waals surface area (Å²) in [5.41, 5.74) is 4.20. The zero-order valence-corrected chi connectivity index (χ0v) is 22.7. The van der Waals surface area contributed by atoms with E-state index in [0.29, 0.717) is 12.5 Å². The molecule has 5 rings (SSSR count). The lowest BCUT2D eigenvalue weighted by Gasteiger charge is -2.29. The van der Waals surface area contributed by atoms with Gasteiger partial charge in [0, 0.05) is 5.92 Å². The third-order valence-electron chi connectivity index (χ3n) is 7.79. The Bertz CT molecular complexity index is 1210. The summed E-state index contributed by atoms with van der Waals surface area (Å²) < 4.78 is 6.17. The van der Waals surface area contributed by atoms with Crippen LogP contribution in [0.2, 0.25) is 0 Å². The molecule has 0 bridgehead atoms. The van der Waals surface area contributed by atoms with Gasteiger partial charge in [0.2, 0.25) is 5.70 Å². The van der Waals surface area contributed by atoms with E-state index >= 15 is 0 Å². The first-order valence-corrected chi connectivity index (χ1v) is 13.9. The highest BCUT2D eigenvalue weighted by atomic mass is 16.5. The van der Waals surface area contributed by atoms with Crippen LogP contribution in [0.25, 0.3) is 0 Å². The van der Waals surface area contributed by atoms with Crippen LogP contribution in [0.1, 0.15) is 43.2 Å². The number of nitrogens with one attached hydrogen (secondary N) is 1. The summed E-state index contributed by atoms with van der Waals surface area (Å²) in [7, 11) is 4.26. The number of nitrogens with zero attached hydrogens (tertiary/aromatic N) is 4. The van der Waals surface area contributed by atoms with Crippen LogP contribution in [-0.4, -0.2) is 55.3 Å². The fourth-order valence-electron chi connectivity index (χ4n) is 5.64. The minimum absolute atomic E-state index is 0.0638. The van der Waals surface area contributed by atoms with Gasteiger partial charge in [-0.05, 0) is 95.5 Å². The molecule has 2 aliphatic heterocycles. The van der Waals surface area contributed by atoms with Crippen LogP contribution < -0.4 is 15.9 Å². The Labute approximate surface area is 227 Å². The van der Waals surface area contributed by atoms with E-state index in [0.717, 1.165) is 72.5 Å². The fourth-order valence-corrected chi connectivity index (χ4v) is 5.64. The second kappa shape index (κ2) is 12.2. The molecule has 38 heavy (non-hydrogen) atoms. The summed E-state index contributed by atoms with van der Waals surface area (Å²) in [5.74, 6) is 9.79. The molecule has 0 spiro atoms. The van der Waals surface area contributed by atoms with Gasteiger partial charge in [-0.3, -0.25) is 4.99 Å². The number of rotatable bonds is 11. The molecule has 1 atom stereocenters. The molecule has 7 nitrogen and oxygen atoms in total. The van der Waals surface area contributed by atoms with Crippen molar-refractivity contribution in [1.82, 2.24) is 10.2 Å². The first-order valence-electron chi connectivity index (χ1n) is 13.9. The van der Waals surface area contributed by atoms with E-state index in [4.69, 9.17) is 15.6 Å². The number of hydrogen-bond acceptors (Lipinski definition) is 6. The highest BCUT2D eigenvalue weighted by Crippen LogP contribution is 2.41. The predicted octanol–water partition coefficient (Wildman–Crippen LogP) is 4.83.